The summed E-state index contributed by atoms with van der Waals surface area (Å²) in [5, 5.41) is 9.96. The van der Waals surface area contributed by atoms with Gasteiger partial charge in [0.25, 0.3) is 0 Å². The molecule has 0 atom stereocenters. The van der Waals surface area contributed by atoms with Crippen LogP contribution in [0.5, 0.6) is 0 Å². The van der Waals surface area contributed by atoms with Crippen molar-refractivity contribution in [3.8, 4) is 22.5 Å². The Bertz CT molecular complexity index is 2580. The number of aryl methyl sites for hydroxylation is 5. The molecule has 0 saturated heterocycles. The van der Waals surface area contributed by atoms with Gasteiger partial charge in [-0.3, -0.25) is 9.97 Å². The second kappa shape index (κ2) is 12.3. The molecule has 243 valence electrons. The molecule has 0 saturated carbocycles. The van der Waals surface area contributed by atoms with E-state index in [1.807, 2.05) is 18.5 Å². The molecule has 0 amide bonds. The molecule has 3 heterocycles. The molecule has 1 aliphatic rings. The van der Waals surface area contributed by atoms with Crippen molar-refractivity contribution in [1.82, 2.24) is 15.0 Å². The zero-order valence-electron chi connectivity index (χ0n) is 28.9. The van der Waals surface area contributed by atoms with Crippen LogP contribution < -0.4 is 0 Å². The van der Waals surface area contributed by atoms with Crippen LogP contribution in [0, 0.1) is 46.8 Å². The van der Waals surface area contributed by atoms with Gasteiger partial charge in [-0.25, -0.2) is 0 Å². The molecule has 3 aromatic heterocycles. The van der Waals surface area contributed by atoms with Gasteiger partial charge in [-0.2, -0.15) is 0 Å². The zero-order valence-corrected chi connectivity index (χ0v) is 31.3. The van der Waals surface area contributed by atoms with Gasteiger partial charge in [-0.1, -0.05) is 85.3 Å². The van der Waals surface area contributed by atoms with Crippen molar-refractivity contribution in [3.63, 3.8) is 0 Å². The predicted octanol–water partition coefficient (Wildman–Crippen LogP) is 11.3. The number of benzene rings is 5. The van der Waals surface area contributed by atoms with E-state index in [1.165, 1.54) is 65.5 Å². The summed E-state index contributed by atoms with van der Waals surface area (Å²) >= 11 is 0. The summed E-state index contributed by atoms with van der Waals surface area (Å²) in [7, 11) is 0. The third-order valence-electron chi connectivity index (χ3n) is 10.2. The molecule has 8 aromatic rings. The number of pyridine rings is 3. The number of aromatic nitrogens is 3. The van der Waals surface area contributed by atoms with Crippen LogP contribution in [-0.4, -0.2) is 15.0 Å². The van der Waals surface area contributed by atoms with E-state index in [1.54, 1.807) is 0 Å². The van der Waals surface area contributed by atoms with Gasteiger partial charge in [0.05, 0.1) is 0 Å². The Balaban J connectivity index is 0.000000200. The number of nitrogens with zero attached hydrogens (tertiary/aromatic N) is 3. The maximum atomic E-state index is 4.91. The molecule has 9 rings (SSSR count). The van der Waals surface area contributed by atoms with Crippen molar-refractivity contribution in [2.45, 2.75) is 53.9 Å². The van der Waals surface area contributed by atoms with Gasteiger partial charge in [-0.05, 0) is 89.0 Å². The van der Waals surface area contributed by atoms with E-state index < -0.39 is 0 Å². The standard InChI is InChI=1S/C31H23N2.C14H14N.Ir/c1-17-13-24-21(18(2)33-17)9-10-22-23-11-12-32-30-26-14-19-7-5-6-8-20(19)15-27(26)31(3,4)28(29(23)30)16-25(22)24;1-10-4-6-13(7-5-10)14-8-11(2)12(3)9-15-14;/h5-13,15-16H,1-4H3;4-6,8-9H,1-3H3;/q2*-1;. The Morgan fingerprint density at radius 3 is 2.22 bits per heavy atom. The van der Waals surface area contributed by atoms with E-state index in [0.29, 0.717) is 0 Å². The maximum Gasteiger partial charge on any atom is 0.0454 e. The molecule has 0 unspecified atom stereocenters. The smallest absolute Gasteiger partial charge is 0.0454 e. The van der Waals surface area contributed by atoms with Gasteiger partial charge < -0.3 is 4.98 Å². The molecule has 0 N–H and O–H groups in total. The van der Waals surface area contributed by atoms with E-state index in [9.17, 15) is 0 Å². The van der Waals surface area contributed by atoms with E-state index in [4.69, 9.17) is 9.97 Å². The van der Waals surface area contributed by atoms with Crippen molar-refractivity contribution >= 4 is 43.1 Å². The first-order valence-corrected chi connectivity index (χ1v) is 16.6. The molecule has 0 spiro atoms. The summed E-state index contributed by atoms with van der Waals surface area (Å²) in [4.78, 5) is 14.0. The van der Waals surface area contributed by atoms with Gasteiger partial charge in [0, 0.05) is 55.0 Å². The summed E-state index contributed by atoms with van der Waals surface area (Å²) in [6.07, 6.45) is 3.87. The average Bonchev–Trinajstić information content (AvgIpc) is 3.08. The second-order valence-electron chi connectivity index (χ2n) is 13.8. The molecule has 4 heteroatoms. The topological polar surface area (TPSA) is 38.7 Å². The minimum absolute atomic E-state index is 0. The Kier molecular flexibility index (Phi) is 8.22. The van der Waals surface area contributed by atoms with E-state index >= 15 is 0 Å². The van der Waals surface area contributed by atoms with Crippen LogP contribution in [0.25, 0.3) is 65.6 Å². The molecule has 3 nitrogen and oxygen atoms in total. The molecule has 5 aromatic carbocycles. The van der Waals surface area contributed by atoms with Crippen molar-refractivity contribution in [3.05, 3.63) is 149 Å². The molecule has 0 bridgehead atoms. The Morgan fingerprint density at radius 1 is 0.673 bits per heavy atom. The number of hydrogen-bond acceptors (Lipinski definition) is 3. The normalized spacial score (nSPS) is 12.8. The Labute approximate surface area is 301 Å². The van der Waals surface area contributed by atoms with E-state index in [0.717, 1.165) is 39.3 Å². The summed E-state index contributed by atoms with van der Waals surface area (Å²) in [6.45, 7) is 15.1. The van der Waals surface area contributed by atoms with E-state index in [2.05, 4.69) is 144 Å². The van der Waals surface area contributed by atoms with Crippen LogP contribution in [-0.2, 0) is 25.5 Å². The van der Waals surface area contributed by atoms with Crippen LogP contribution in [0.15, 0.2) is 97.3 Å². The first-order chi connectivity index (χ1) is 23.1. The van der Waals surface area contributed by atoms with Gasteiger partial charge in [-0.15, -0.1) is 59.0 Å². The SMILES string of the molecule is Cc1c[c-]c(-c2cc(C)c(C)cn2)cc1.Cc1cc2c(ccc3c4ccnc5c4c(cc23)C(C)(C)c2cc3ccccc3[c-]c2-5)c(C)n1.[Ir]. The van der Waals surface area contributed by atoms with Crippen LogP contribution in [0.1, 0.15) is 53.1 Å². The third kappa shape index (κ3) is 5.44. The zero-order chi connectivity index (χ0) is 33.3. The monoisotopic (exact) mass is 812 g/mol. The van der Waals surface area contributed by atoms with Gasteiger partial charge >= 0.3 is 0 Å². The number of rotatable bonds is 1. The molecule has 1 radical (unpaired) electrons. The van der Waals surface area contributed by atoms with Crippen LogP contribution >= 0.6 is 0 Å². The number of hydrogen-bond donors (Lipinski definition) is 0. The summed E-state index contributed by atoms with van der Waals surface area (Å²) in [5.74, 6) is 0. The van der Waals surface area contributed by atoms with Gasteiger partial charge in [0.15, 0.2) is 0 Å². The minimum Gasteiger partial charge on any atom is -0.304 e. The first kappa shape index (κ1) is 32.8. The second-order valence-corrected chi connectivity index (χ2v) is 13.8. The predicted molar refractivity (Wildman–Crippen MR) is 201 cm³/mol. The molecular formula is C45H37IrN3-2. The Morgan fingerprint density at radius 2 is 1.45 bits per heavy atom. The molecule has 1 aliphatic carbocycles. The molecule has 49 heavy (non-hydrogen) atoms. The van der Waals surface area contributed by atoms with Crippen molar-refractivity contribution < 1.29 is 20.1 Å². The molecular weight excluding hydrogens is 775 g/mol. The van der Waals surface area contributed by atoms with Gasteiger partial charge in [0.1, 0.15) is 0 Å². The van der Waals surface area contributed by atoms with Crippen LogP contribution in [0.3, 0.4) is 0 Å². The van der Waals surface area contributed by atoms with E-state index in [-0.39, 0.29) is 25.5 Å². The summed E-state index contributed by atoms with van der Waals surface area (Å²) in [6, 6.07) is 37.4. The quantitative estimate of drug-likeness (QED) is 0.122. The average molecular weight is 812 g/mol. The third-order valence-corrected chi connectivity index (χ3v) is 10.2. The van der Waals surface area contributed by atoms with Crippen molar-refractivity contribution in [2.24, 2.45) is 0 Å². The largest absolute Gasteiger partial charge is 0.304 e. The maximum absolute atomic E-state index is 4.91. The number of fused-ring (bicyclic) bond motifs is 7. The molecule has 0 fully saturated rings. The van der Waals surface area contributed by atoms with Crippen LogP contribution in [0.4, 0.5) is 0 Å². The van der Waals surface area contributed by atoms with Crippen molar-refractivity contribution in [2.75, 3.05) is 0 Å². The summed E-state index contributed by atoms with van der Waals surface area (Å²) < 4.78 is 0. The fraction of sp³-hybridized carbons (Fsp3) is 0.178. The van der Waals surface area contributed by atoms with Gasteiger partial charge in [0.2, 0.25) is 0 Å². The van der Waals surface area contributed by atoms with Crippen molar-refractivity contribution in [1.29, 1.82) is 0 Å². The first-order valence-electron chi connectivity index (χ1n) is 16.6. The molecule has 0 aliphatic heterocycles. The summed E-state index contributed by atoms with van der Waals surface area (Å²) in [5.41, 5.74) is 12.6. The minimum atomic E-state index is -0.169. The fourth-order valence-electron chi connectivity index (χ4n) is 7.35. The Hall–Kier alpha value is -4.76. The van der Waals surface area contributed by atoms with Crippen LogP contribution in [0.2, 0.25) is 0 Å². The fourth-order valence-corrected chi connectivity index (χ4v) is 7.35.